The van der Waals surface area contributed by atoms with Crippen LogP contribution in [0.2, 0.25) is 0 Å². The van der Waals surface area contributed by atoms with Crippen LogP contribution in [0.25, 0.3) is 0 Å². The zero-order chi connectivity index (χ0) is 12.4. The summed E-state index contributed by atoms with van der Waals surface area (Å²) in [6.07, 6.45) is 1.13. The van der Waals surface area contributed by atoms with Crippen molar-refractivity contribution < 1.29 is 9.90 Å². The second-order valence-corrected chi connectivity index (χ2v) is 4.94. The van der Waals surface area contributed by atoms with Gasteiger partial charge in [0, 0.05) is 0 Å². The highest BCUT2D eigenvalue weighted by molar-refractivity contribution is 5.89. The predicted octanol–water partition coefficient (Wildman–Crippen LogP) is 2.41. The summed E-state index contributed by atoms with van der Waals surface area (Å²) in [5, 5.41) is 12.6. The van der Waals surface area contributed by atoms with Crippen LogP contribution in [0.3, 0.4) is 0 Å². The highest BCUT2D eigenvalue weighted by Crippen LogP contribution is 2.31. The standard InChI is InChI=1S/C14H19NO2/c1-9-3-4-12(13(7-9)14(16)17)10(2)11-5-6-15-8-11/h3-4,7,10-11,15H,5-6,8H2,1-2H3,(H,16,17). The average Bonchev–Trinajstić information content (AvgIpc) is 2.81. The molecule has 1 aromatic rings. The molecule has 1 heterocycles. The average molecular weight is 233 g/mol. The first-order chi connectivity index (χ1) is 8.09. The Bertz CT molecular complexity index is 422. The maximum absolute atomic E-state index is 11.3. The van der Waals surface area contributed by atoms with Crippen molar-refractivity contribution in [3.8, 4) is 0 Å². The van der Waals surface area contributed by atoms with Crippen LogP contribution in [0.5, 0.6) is 0 Å². The molecule has 3 nitrogen and oxygen atoms in total. The Morgan fingerprint density at radius 1 is 1.53 bits per heavy atom. The van der Waals surface area contributed by atoms with Crippen molar-refractivity contribution >= 4 is 5.97 Å². The summed E-state index contributed by atoms with van der Waals surface area (Å²) < 4.78 is 0. The van der Waals surface area contributed by atoms with E-state index in [0.717, 1.165) is 30.6 Å². The molecule has 17 heavy (non-hydrogen) atoms. The number of carboxylic acid groups (broad SMARTS) is 1. The van der Waals surface area contributed by atoms with Gasteiger partial charge in [-0.1, -0.05) is 24.6 Å². The highest BCUT2D eigenvalue weighted by atomic mass is 16.4. The fraction of sp³-hybridized carbons (Fsp3) is 0.500. The minimum absolute atomic E-state index is 0.302. The van der Waals surface area contributed by atoms with Gasteiger partial charge in [0.1, 0.15) is 0 Å². The molecular formula is C14H19NO2. The van der Waals surface area contributed by atoms with Gasteiger partial charge in [-0.3, -0.25) is 0 Å². The summed E-state index contributed by atoms with van der Waals surface area (Å²) in [5.41, 5.74) is 2.43. The molecule has 0 aliphatic carbocycles. The fourth-order valence-corrected chi connectivity index (χ4v) is 2.61. The molecule has 0 amide bonds. The molecule has 0 radical (unpaired) electrons. The lowest BCUT2D eigenvalue weighted by molar-refractivity contribution is 0.0694. The molecule has 92 valence electrons. The lowest BCUT2D eigenvalue weighted by Gasteiger charge is -2.20. The van der Waals surface area contributed by atoms with Gasteiger partial charge in [-0.2, -0.15) is 0 Å². The lowest BCUT2D eigenvalue weighted by Crippen LogP contribution is -2.16. The van der Waals surface area contributed by atoms with E-state index in [1.54, 1.807) is 6.07 Å². The molecule has 2 atom stereocenters. The van der Waals surface area contributed by atoms with Crippen LogP contribution in [-0.4, -0.2) is 24.2 Å². The molecule has 0 saturated carbocycles. The molecule has 1 aromatic carbocycles. The van der Waals surface area contributed by atoms with E-state index in [4.69, 9.17) is 0 Å². The Morgan fingerprint density at radius 2 is 2.29 bits per heavy atom. The Morgan fingerprint density at radius 3 is 2.88 bits per heavy atom. The third-order valence-corrected chi connectivity index (χ3v) is 3.74. The number of hydrogen-bond donors (Lipinski definition) is 2. The van der Waals surface area contributed by atoms with Gasteiger partial charge in [-0.15, -0.1) is 0 Å². The van der Waals surface area contributed by atoms with E-state index in [1.165, 1.54) is 0 Å². The van der Waals surface area contributed by atoms with E-state index < -0.39 is 5.97 Å². The topological polar surface area (TPSA) is 49.3 Å². The highest BCUT2D eigenvalue weighted by Gasteiger charge is 2.25. The van der Waals surface area contributed by atoms with Crippen molar-refractivity contribution in [3.05, 3.63) is 34.9 Å². The number of nitrogens with one attached hydrogen (secondary N) is 1. The van der Waals surface area contributed by atoms with Crippen LogP contribution >= 0.6 is 0 Å². The van der Waals surface area contributed by atoms with E-state index in [9.17, 15) is 9.90 Å². The zero-order valence-corrected chi connectivity index (χ0v) is 10.4. The van der Waals surface area contributed by atoms with Gasteiger partial charge < -0.3 is 10.4 Å². The van der Waals surface area contributed by atoms with E-state index in [1.807, 2.05) is 19.1 Å². The molecule has 2 rings (SSSR count). The minimum Gasteiger partial charge on any atom is -0.478 e. The van der Waals surface area contributed by atoms with Gasteiger partial charge in [-0.05, 0) is 49.9 Å². The maximum Gasteiger partial charge on any atom is 0.335 e. The predicted molar refractivity (Wildman–Crippen MR) is 67.5 cm³/mol. The summed E-state index contributed by atoms with van der Waals surface area (Å²) in [4.78, 5) is 11.3. The van der Waals surface area contributed by atoms with E-state index in [-0.39, 0.29) is 0 Å². The SMILES string of the molecule is Cc1ccc(C(C)C2CCNC2)c(C(=O)O)c1. The third-order valence-electron chi connectivity index (χ3n) is 3.74. The normalized spacial score (nSPS) is 21.4. The second-order valence-electron chi connectivity index (χ2n) is 4.94. The van der Waals surface area contributed by atoms with Gasteiger partial charge in [0.15, 0.2) is 0 Å². The molecule has 1 fully saturated rings. The van der Waals surface area contributed by atoms with Crippen LogP contribution in [0.4, 0.5) is 0 Å². The van der Waals surface area contributed by atoms with Gasteiger partial charge in [-0.25, -0.2) is 4.79 Å². The number of hydrogen-bond acceptors (Lipinski definition) is 2. The van der Waals surface area contributed by atoms with Crippen LogP contribution in [0.1, 0.15) is 40.7 Å². The van der Waals surface area contributed by atoms with Crippen LogP contribution in [-0.2, 0) is 0 Å². The quantitative estimate of drug-likeness (QED) is 0.843. The Labute approximate surface area is 102 Å². The number of aromatic carboxylic acids is 1. The van der Waals surface area contributed by atoms with Crippen molar-refractivity contribution in [2.75, 3.05) is 13.1 Å². The number of carbonyl (C=O) groups is 1. The molecule has 0 bridgehead atoms. The zero-order valence-electron chi connectivity index (χ0n) is 10.4. The monoisotopic (exact) mass is 233 g/mol. The van der Waals surface area contributed by atoms with E-state index in [0.29, 0.717) is 17.4 Å². The van der Waals surface area contributed by atoms with Gasteiger partial charge in [0.05, 0.1) is 5.56 Å². The van der Waals surface area contributed by atoms with Gasteiger partial charge >= 0.3 is 5.97 Å². The van der Waals surface area contributed by atoms with Crippen molar-refractivity contribution in [2.24, 2.45) is 5.92 Å². The third kappa shape index (κ3) is 2.50. The van der Waals surface area contributed by atoms with E-state index >= 15 is 0 Å². The largest absolute Gasteiger partial charge is 0.478 e. The number of benzene rings is 1. The lowest BCUT2D eigenvalue weighted by atomic mass is 9.84. The molecular weight excluding hydrogens is 214 g/mol. The number of carboxylic acids is 1. The summed E-state index contributed by atoms with van der Waals surface area (Å²) in [6, 6.07) is 5.75. The van der Waals surface area contributed by atoms with Crippen molar-refractivity contribution in [3.63, 3.8) is 0 Å². The first kappa shape index (κ1) is 12.1. The molecule has 2 N–H and O–H groups in total. The molecule has 0 aromatic heterocycles. The molecule has 3 heteroatoms. The van der Waals surface area contributed by atoms with Gasteiger partial charge in [0.2, 0.25) is 0 Å². The Kier molecular flexibility index (Phi) is 3.48. The Balaban J connectivity index is 2.33. The maximum atomic E-state index is 11.3. The molecule has 1 saturated heterocycles. The molecule has 1 aliphatic heterocycles. The second kappa shape index (κ2) is 4.88. The summed E-state index contributed by atoms with van der Waals surface area (Å²) in [5.74, 6) is 0.0361. The van der Waals surface area contributed by atoms with Crippen LogP contribution < -0.4 is 5.32 Å². The van der Waals surface area contributed by atoms with Crippen LogP contribution in [0.15, 0.2) is 18.2 Å². The molecule has 0 spiro atoms. The number of rotatable bonds is 3. The molecule has 1 aliphatic rings. The van der Waals surface area contributed by atoms with Crippen molar-refractivity contribution in [1.82, 2.24) is 5.32 Å². The minimum atomic E-state index is -0.818. The summed E-state index contributed by atoms with van der Waals surface area (Å²) in [7, 11) is 0. The fourth-order valence-electron chi connectivity index (χ4n) is 2.61. The summed E-state index contributed by atoms with van der Waals surface area (Å²) in [6.45, 7) is 6.10. The smallest absolute Gasteiger partial charge is 0.335 e. The molecule has 2 unspecified atom stereocenters. The van der Waals surface area contributed by atoms with E-state index in [2.05, 4.69) is 12.2 Å². The first-order valence-corrected chi connectivity index (χ1v) is 6.14. The van der Waals surface area contributed by atoms with Crippen LogP contribution in [0, 0.1) is 12.8 Å². The number of aryl methyl sites for hydroxylation is 1. The van der Waals surface area contributed by atoms with Crippen molar-refractivity contribution in [2.45, 2.75) is 26.2 Å². The Hall–Kier alpha value is -1.35. The van der Waals surface area contributed by atoms with Crippen molar-refractivity contribution in [1.29, 1.82) is 0 Å². The van der Waals surface area contributed by atoms with Gasteiger partial charge in [0.25, 0.3) is 0 Å². The first-order valence-electron chi connectivity index (χ1n) is 6.14. The summed E-state index contributed by atoms with van der Waals surface area (Å²) >= 11 is 0.